The van der Waals surface area contributed by atoms with Crippen molar-refractivity contribution in [2.45, 2.75) is 17.4 Å². The smallest absolute Gasteiger partial charge is 0.405 e. The Morgan fingerprint density at radius 2 is 1.90 bits per heavy atom. The van der Waals surface area contributed by atoms with E-state index in [9.17, 15) is 4.79 Å². The molecule has 0 aromatic heterocycles. The Kier molecular flexibility index (Phi) is 4.08. The van der Waals surface area contributed by atoms with Crippen molar-refractivity contribution in [1.82, 2.24) is 5.32 Å². The molecule has 3 rings (SSSR count). The molecule has 0 aliphatic carbocycles. The summed E-state index contributed by atoms with van der Waals surface area (Å²) in [4.78, 5) is 12.1. The largest absolute Gasteiger partial charge is 0.465 e. The van der Waals surface area contributed by atoms with Gasteiger partial charge in [-0.25, -0.2) is 4.79 Å². The van der Waals surface area contributed by atoms with Crippen molar-refractivity contribution in [2.75, 3.05) is 5.75 Å². The van der Waals surface area contributed by atoms with Crippen LogP contribution < -0.4 is 5.32 Å². The van der Waals surface area contributed by atoms with E-state index < -0.39 is 6.09 Å². The van der Waals surface area contributed by atoms with Gasteiger partial charge in [0.25, 0.3) is 0 Å². The highest BCUT2D eigenvalue weighted by Crippen LogP contribution is 2.38. The lowest BCUT2D eigenvalue weighted by atomic mass is 9.98. The van der Waals surface area contributed by atoms with E-state index >= 15 is 0 Å². The Bertz CT molecular complexity index is 672. The van der Waals surface area contributed by atoms with Crippen LogP contribution in [0.4, 0.5) is 4.79 Å². The zero-order valence-corrected chi connectivity index (χ0v) is 12.7. The Morgan fingerprint density at radius 3 is 2.62 bits per heavy atom. The quantitative estimate of drug-likeness (QED) is 0.835. The summed E-state index contributed by atoms with van der Waals surface area (Å²) in [5, 5.41) is 12.3. The SMILES string of the molecule is O=C(O)NC1CCSc2ccc(-c3ccc(Cl)cc3)cc21. The van der Waals surface area contributed by atoms with Gasteiger partial charge in [-0.2, -0.15) is 0 Å². The fourth-order valence-electron chi connectivity index (χ4n) is 2.52. The standard InChI is InChI=1S/C16H14ClNO2S/c17-12-4-1-10(2-5-12)11-3-6-15-13(9-11)14(7-8-21-15)18-16(19)20/h1-6,9,14,18H,7-8H2,(H,19,20). The van der Waals surface area contributed by atoms with E-state index in [2.05, 4.69) is 23.5 Å². The Labute approximate surface area is 132 Å². The van der Waals surface area contributed by atoms with Crippen molar-refractivity contribution >= 4 is 29.5 Å². The van der Waals surface area contributed by atoms with Crippen LogP contribution in [0.1, 0.15) is 18.0 Å². The van der Waals surface area contributed by atoms with Gasteiger partial charge in [0.1, 0.15) is 0 Å². The second-order valence-corrected chi connectivity index (χ2v) is 6.47. The van der Waals surface area contributed by atoms with Gasteiger partial charge < -0.3 is 10.4 Å². The van der Waals surface area contributed by atoms with Crippen LogP contribution in [0.2, 0.25) is 5.02 Å². The summed E-state index contributed by atoms with van der Waals surface area (Å²) in [6.45, 7) is 0. The number of benzene rings is 2. The van der Waals surface area contributed by atoms with E-state index in [1.54, 1.807) is 11.8 Å². The Balaban J connectivity index is 1.98. The fourth-order valence-corrected chi connectivity index (χ4v) is 3.75. The molecule has 0 fully saturated rings. The zero-order valence-electron chi connectivity index (χ0n) is 11.2. The first-order valence-corrected chi connectivity index (χ1v) is 8.02. The molecule has 1 heterocycles. The summed E-state index contributed by atoms with van der Waals surface area (Å²) in [5.74, 6) is 0.929. The molecule has 2 N–H and O–H groups in total. The van der Waals surface area contributed by atoms with Crippen molar-refractivity contribution in [3.63, 3.8) is 0 Å². The second kappa shape index (κ2) is 6.00. The van der Waals surface area contributed by atoms with Crippen LogP contribution in [0.3, 0.4) is 0 Å². The van der Waals surface area contributed by atoms with Crippen LogP contribution in [0.5, 0.6) is 0 Å². The third-order valence-electron chi connectivity index (χ3n) is 3.52. The van der Waals surface area contributed by atoms with Gasteiger partial charge in [0.15, 0.2) is 0 Å². The average Bonchev–Trinajstić information content (AvgIpc) is 2.47. The number of halogens is 1. The molecule has 0 radical (unpaired) electrons. The van der Waals surface area contributed by atoms with E-state index in [0.29, 0.717) is 5.02 Å². The summed E-state index contributed by atoms with van der Waals surface area (Å²) in [5.41, 5.74) is 3.21. The van der Waals surface area contributed by atoms with Gasteiger partial charge in [-0.1, -0.05) is 29.8 Å². The number of hydrogen-bond donors (Lipinski definition) is 2. The number of rotatable bonds is 2. The lowest BCUT2D eigenvalue weighted by molar-refractivity contribution is 0.189. The van der Waals surface area contributed by atoms with Crippen LogP contribution in [0.25, 0.3) is 11.1 Å². The molecule has 2 aromatic rings. The molecule has 5 heteroatoms. The molecule has 0 bridgehead atoms. The molecule has 1 unspecified atom stereocenters. The highest BCUT2D eigenvalue weighted by Gasteiger charge is 2.22. The molecular formula is C16H14ClNO2S. The maximum atomic E-state index is 10.9. The number of nitrogens with one attached hydrogen (secondary N) is 1. The van der Waals surface area contributed by atoms with Crippen molar-refractivity contribution < 1.29 is 9.90 Å². The third kappa shape index (κ3) is 3.17. The van der Waals surface area contributed by atoms with Crippen molar-refractivity contribution in [1.29, 1.82) is 0 Å². The third-order valence-corrected chi connectivity index (χ3v) is 4.90. The van der Waals surface area contributed by atoms with Crippen molar-refractivity contribution in [2.24, 2.45) is 0 Å². The molecular weight excluding hydrogens is 306 g/mol. The minimum absolute atomic E-state index is 0.133. The van der Waals surface area contributed by atoms with Crippen LogP contribution >= 0.6 is 23.4 Å². The molecule has 1 amide bonds. The first kappa shape index (κ1) is 14.3. The number of amides is 1. The molecule has 108 valence electrons. The maximum Gasteiger partial charge on any atom is 0.405 e. The monoisotopic (exact) mass is 319 g/mol. The Hall–Kier alpha value is -1.65. The van der Waals surface area contributed by atoms with Gasteiger partial charge in [0.2, 0.25) is 0 Å². The maximum absolute atomic E-state index is 10.9. The fraction of sp³-hybridized carbons (Fsp3) is 0.188. The number of carboxylic acid groups (broad SMARTS) is 1. The van der Waals surface area contributed by atoms with Crippen LogP contribution in [0, 0.1) is 0 Å². The molecule has 1 aliphatic heterocycles. The summed E-state index contributed by atoms with van der Waals surface area (Å²) in [6.07, 6.45) is -0.164. The van der Waals surface area contributed by atoms with Crippen LogP contribution in [-0.4, -0.2) is 17.0 Å². The number of fused-ring (bicyclic) bond motifs is 1. The first-order chi connectivity index (χ1) is 10.1. The molecule has 0 spiro atoms. The van der Waals surface area contributed by atoms with Gasteiger partial charge in [0, 0.05) is 15.7 Å². The topological polar surface area (TPSA) is 49.3 Å². The number of hydrogen-bond acceptors (Lipinski definition) is 2. The summed E-state index contributed by atoms with van der Waals surface area (Å²) < 4.78 is 0. The molecule has 1 aliphatic rings. The molecule has 1 atom stereocenters. The average molecular weight is 320 g/mol. The molecule has 0 saturated carbocycles. The van der Waals surface area contributed by atoms with Crippen LogP contribution in [-0.2, 0) is 0 Å². The highest BCUT2D eigenvalue weighted by atomic mass is 35.5. The van der Waals surface area contributed by atoms with Gasteiger partial charge in [-0.15, -0.1) is 11.8 Å². The van der Waals surface area contributed by atoms with E-state index in [0.717, 1.165) is 33.8 Å². The lowest BCUT2D eigenvalue weighted by Gasteiger charge is -2.25. The van der Waals surface area contributed by atoms with Crippen molar-refractivity contribution in [3.05, 3.63) is 53.1 Å². The lowest BCUT2D eigenvalue weighted by Crippen LogP contribution is -2.29. The molecule has 21 heavy (non-hydrogen) atoms. The highest BCUT2D eigenvalue weighted by molar-refractivity contribution is 7.99. The van der Waals surface area contributed by atoms with Crippen LogP contribution in [0.15, 0.2) is 47.4 Å². The Morgan fingerprint density at radius 1 is 1.19 bits per heavy atom. The summed E-state index contributed by atoms with van der Waals surface area (Å²) in [6, 6.07) is 13.7. The predicted molar refractivity (Wildman–Crippen MR) is 86.1 cm³/mol. The summed E-state index contributed by atoms with van der Waals surface area (Å²) in [7, 11) is 0. The molecule has 3 nitrogen and oxygen atoms in total. The second-order valence-electron chi connectivity index (χ2n) is 4.90. The van der Waals surface area contributed by atoms with E-state index in [1.807, 2.05) is 24.3 Å². The molecule has 0 saturated heterocycles. The number of carbonyl (C=O) groups is 1. The predicted octanol–water partition coefficient (Wildman–Crippen LogP) is 4.81. The minimum atomic E-state index is -0.977. The number of thioether (sulfide) groups is 1. The normalized spacial score (nSPS) is 17.1. The minimum Gasteiger partial charge on any atom is -0.465 e. The zero-order chi connectivity index (χ0) is 14.8. The van der Waals surface area contributed by atoms with Gasteiger partial charge >= 0.3 is 6.09 Å². The summed E-state index contributed by atoms with van der Waals surface area (Å²) >= 11 is 7.69. The van der Waals surface area contributed by atoms with Gasteiger partial charge in [-0.05, 0) is 47.4 Å². The van der Waals surface area contributed by atoms with E-state index in [4.69, 9.17) is 16.7 Å². The van der Waals surface area contributed by atoms with Gasteiger partial charge in [0.05, 0.1) is 6.04 Å². The van der Waals surface area contributed by atoms with E-state index in [1.165, 1.54) is 0 Å². The first-order valence-electron chi connectivity index (χ1n) is 6.65. The van der Waals surface area contributed by atoms with E-state index in [-0.39, 0.29) is 6.04 Å². The molecule has 2 aromatic carbocycles. The van der Waals surface area contributed by atoms with Gasteiger partial charge in [-0.3, -0.25) is 0 Å². The van der Waals surface area contributed by atoms with Crippen molar-refractivity contribution in [3.8, 4) is 11.1 Å².